The number of halogens is 3. The number of carbonyl (C=O) groups excluding carboxylic acids is 1. The van der Waals surface area contributed by atoms with E-state index in [2.05, 4.69) is 15.4 Å². The number of hydrogen-bond acceptors (Lipinski definition) is 3. The highest BCUT2D eigenvalue weighted by Crippen LogP contribution is 2.24. The van der Waals surface area contributed by atoms with Gasteiger partial charge in [0.25, 0.3) is 0 Å². The topological polar surface area (TPSA) is 70.6 Å². The minimum absolute atomic E-state index is 0.0503. The summed E-state index contributed by atoms with van der Waals surface area (Å²) in [5.74, 6) is -0.370. The molecule has 0 aliphatic carbocycles. The lowest BCUT2D eigenvalue weighted by Gasteiger charge is -2.14. The summed E-state index contributed by atoms with van der Waals surface area (Å²) in [6, 6.07) is 4.36. The quantitative estimate of drug-likeness (QED) is 0.776. The molecule has 0 aliphatic heterocycles. The van der Waals surface area contributed by atoms with E-state index in [1.165, 1.54) is 12.1 Å². The lowest BCUT2D eigenvalue weighted by atomic mass is 10.1. The molecule has 112 valence electrons. The highest BCUT2D eigenvalue weighted by molar-refractivity contribution is 5.73. The van der Waals surface area contributed by atoms with Gasteiger partial charge in [0, 0.05) is 13.1 Å². The fraction of sp³-hybridized carbons (Fsp3) is 0.417. The summed E-state index contributed by atoms with van der Waals surface area (Å²) in [5, 5.41) is 14.7. The van der Waals surface area contributed by atoms with Crippen molar-refractivity contribution in [1.29, 1.82) is 0 Å². The number of rotatable bonds is 5. The molecule has 2 amide bonds. The molecule has 0 radical (unpaired) electrons. The van der Waals surface area contributed by atoms with Gasteiger partial charge in [-0.15, -0.1) is 13.2 Å². The Morgan fingerprint density at radius 1 is 1.30 bits per heavy atom. The van der Waals surface area contributed by atoms with E-state index >= 15 is 0 Å². The molecule has 5 nitrogen and oxygen atoms in total. The predicted molar refractivity (Wildman–Crippen MR) is 65.2 cm³/mol. The summed E-state index contributed by atoms with van der Waals surface area (Å²) >= 11 is 0. The number of urea groups is 1. The van der Waals surface area contributed by atoms with Gasteiger partial charge in [-0.1, -0.05) is 12.1 Å². The van der Waals surface area contributed by atoms with E-state index in [-0.39, 0.29) is 12.3 Å². The van der Waals surface area contributed by atoms with Crippen LogP contribution in [0.1, 0.15) is 18.6 Å². The van der Waals surface area contributed by atoms with E-state index in [9.17, 15) is 23.1 Å². The zero-order valence-electron chi connectivity index (χ0n) is 10.7. The Labute approximate surface area is 113 Å². The number of benzene rings is 1. The Hall–Kier alpha value is -1.96. The molecule has 1 atom stereocenters. The summed E-state index contributed by atoms with van der Waals surface area (Å²) in [6.07, 6.45) is -5.77. The maximum absolute atomic E-state index is 12.0. The maximum Gasteiger partial charge on any atom is 0.573 e. The molecule has 0 bridgehead atoms. The minimum Gasteiger partial charge on any atom is -0.406 e. The maximum atomic E-state index is 12.0. The van der Waals surface area contributed by atoms with Gasteiger partial charge in [-0.25, -0.2) is 4.79 Å². The van der Waals surface area contributed by atoms with E-state index in [0.29, 0.717) is 12.1 Å². The molecule has 0 heterocycles. The van der Waals surface area contributed by atoms with Gasteiger partial charge < -0.3 is 20.5 Å². The monoisotopic (exact) mass is 292 g/mol. The number of amides is 2. The lowest BCUT2D eigenvalue weighted by Crippen LogP contribution is -2.37. The van der Waals surface area contributed by atoms with Crippen LogP contribution in [0.15, 0.2) is 24.3 Å². The van der Waals surface area contributed by atoms with Gasteiger partial charge in [0.15, 0.2) is 0 Å². The molecule has 0 saturated heterocycles. The van der Waals surface area contributed by atoms with Crippen molar-refractivity contribution in [3.63, 3.8) is 0 Å². The molecule has 0 aliphatic rings. The van der Waals surface area contributed by atoms with E-state index < -0.39 is 18.5 Å². The van der Waals surface area contributed by atoms with Crippen molar-refractivity contribution < 1.29 is 27.8 Å². The van der Waals surface area contributed by atoms with E-state index in [4.69, 9.17) is 0 Å². The Balaban J connectivity index is 2.53. The lowest BCUT2D eigenvalue weighted by molar-refractivity contribution is -0.274. The molecule has 1 rings (SSSR count). The first kappa shape index (κ1) is 16.1. The van der Waals surface area contributed by atoms with Gasteiger partial charge >= 0.3 is 12.4 Å². The molecule has 0 fully saturated rings. The van der Waals surface area contributed by atoms with Gasteiger partial charge in [0.2, 0.25) is 0 Å². The van der Waals surface area contributed by atoms with Crippen LogP contribution in [0.3, 0.4) is 0 Å². The van der Waals surface area contributed by atoms with Crippen LogP contribution < -0.4 is 15.4 Å². The third kappa shape index (κ3) is 5.79. The van der Waals surface area contributed by atoms with Crippen LogP contribution in [0.25, 0.3) is 0 Å². The second-order valence-corrected chi connectivity index (χ2v) is 3.87. The zero-order chi connectivity index (χ0) is 15.2. The molecule has 1 aromatic carbocycles. The van der Waals surface area contributed by atoms with Crippen molar-refractivity contribution >= 4 is 6.03 Å². The molecule has 0 aromatic heterocycles. The summed E-state index contributed by atoms with van der Waals surface area (Å²) in [6.45, 7) is 2.14. The summed E-state index contributed by atoms with van der Waals surface area (Å²) in [4.78, 5) is 11.1. The van der Waals surface area contributed by atoms with Crippen molar-refractivity contribution in [2.24, 2.45) is 0 Å². The number of aliphatic hydroxyl groups excluding tert-OH is 1. The van der Waals surface area contributed by atoms with E-state index in [1.807, 2.05) is 0 Å². The van der Waals surface area contributed by atoms with Crippen LogP contribution in [0.4, 0.5) is 18.0 Å². The predicted octanol–water partition coefficient (Wildman–Crippen LogP) is 1.94. The smallest absolute Gasteiger partial charge is 0.406 e. The first-order valence-electron chi connectivity index (χ1n) is 5.87. The SMILES string of the molecule is CCNC(=O)NCC(O)c1ccc(OC(F)(F)F)cc1. The summed E-state index contributed by atoms with van der Waals surface area (Å²) < 4.78 is 39.6. The summed E-state index contributed by atoms with van der Waals surface area (Å²) in [7, 11) is 0. The van der Waals surface area contributed by atoms with E-state index in [0.717, 1.165) is 12.1 Å². The average Bonchev–Trinajstić information content (AvgIpc) is 2.35. The van der Waals surface area contributed by atoms with Crippen molar-refractivity contribution in [1.82, 2.24) is 10.6 Å². The fourth-order valence-electron chi connectivity index (χ4n) is 1.42. The molecular formula is C12H15F3N2O3. The Morgan fingerprint density at radius 2 is 1.90 bits per heavy atom. The van der Waals surface area contributed by atoms with Crippen LogP contribution in [0.5, 0.6) is 5.75 Å². The molecule has 8 heteroatoms. The highest BCUT2D eigenvalue weighted by atomic mass is 19.4. The molecule has 1 aromatic rings. The fourth-order valence-corrected chi connectivity index (χ4v) is 1.42. The third-order valence-corrected chi connectivity index (χ3v) is 2.29. The number of carbonyl (C=O) groups is 1. The normalized spacial score (nSPS) is 12.7. The van der Waals surface area contributed by atoms with Crippen LogP contribution in [-0.4, -0.2) is 30.6 Å². The summed E-state index contributed by atoms with van der Waals surface area (Å²) in [5.41, 5.74) is 0.372. The molecule has 3 N–H and O–H groups in total. The van der Waals surface area contributed by atoms with Crippen molar-refractivity contribution in [2.75, 3.05) is 13.1 Å². The van der Waals surface area contributed by atoms with Gasteiger partial charge in [0.1, 0.15) is 5.75 Å². The second-order valence-electron chi connectivity index (χ2n) is 3.87. The van der Waals surface area contributed by atoms with Crippen molar-refractivity contribution in [2.45, 2.75) is 19.4 Å². The molecule has 1 unspecified atom stereocenters. The zero-order valence-corrected chi connectivity index (χ0v) is 10.7. The van der Waals surface area contributed by atoms with Crippen LogP contribution in [0, 0.1) is 0 Å². The number of aliphatic hydroxyl groups is 1. The third-order valence-electron chi connectivity index (χ3n) is 2.29. The van der Waals surface area contributed by atoms with Gasteiger partial charge in [0.05, 0.1) is 6.10 Å². The standard InChI is InChI=1S/C12H15F3N2O3/c1-2-16-11(19)17-7-10(18)8-3-5-9(6-4-8)20-12(13,14)15/h3-6,10,18H,2,7H2,1H3,(H2,16,17,19). The van der Waals surface area contributed by atoms with Gasteiger partial charge in [-0.05, 0) is 24.6 Å². The Kier molecular flexibility index (Phi) is 5.63. The van der Waals surface area contributed by atoms with E-state index in [1.54, 1.807) is 6.92 Å². The number of nitrogens with one attached hydrogen (secondary N) is 2. The highest BCUT2D eigenvalue weighted by Gasteiger charge is 2.31. The minimum atomic E-state index is -4.75. The number of ether oxygens (including phenoxy) is 1. The molecule has 0 spiro atoms. The van der Waals surface area contributed by atoms with Gasteiger partial charge in [-0.2, -0.15) is 0 Å². The molecular weight excluding hydrogens is 277 g/mol. The van der Waals surface area contributed by atoms with Crippen LogP contribution in [0.2, 0.25) is 0 Å². The average molecular weight is 292 g/mol. The Bertz CT molecular complexity index is 435. The second kappa shape index (κ2) is 6.99. The first-order valence-corrected chi connectivity index (χ1v) is 5.87. The number of hydrogen-bond donors (Lipinski definition) is 3. The largest absolute Gasteiger partial charge is 0.573 e. The molecule has 0 saturated carbocycles. The Morgan fingerprint density at radius 3 is 2.40 bits per heavy atom. The first-order chi connectivity index (χ1) is 9.31. The van der Waals surface area contributed by atoms with Crippen molar-refractivity contribution in [3.8, 4) is 5.75 Å². The number of alkyl halides is 3. The molecule has 20 heavy (non-hydrogen) atoms. The van der Waals surface area contributed by atoms with Crippen molar-refractivity contribution in [3.05, 3.63) is 29.8 Å². The van der Waals surface area contributed by atoms with Crippen LogP contribution in [-0.2, 0) is 0 Å². The van der Waals surface area contributed by atoms with Gasteiger partial charge in [-0.3, -0.25) is 0 Å². The van der Waals surface area contributed by atoms with Crippen LogP contribution >= 0.6 is 0 Å².